The first kappa shape index (κ1) is 29.7. The molecule has 2 N–H and O–H groups in total. The minimum absolute atomic E-state index is 0.0502. The van der Waals surface area contributed by atoms with Crippen molar-refractivity contribution >= 4 is 37.6 Å². The van der Waals surface area contributed by atoms with E-state index in [2.05, 4.69) is 58.7 Å². The maximum Gasteiger partial charge on any atom is 0.309 e. The highest BCUT2D eigenvalue weighted by molar-refractivity contribution is 9.10. The van der Waals surface area contributed by atoms with Gasteiger partial charge in [0, 0.05) is 16.6 Å². The van der Waals surface area contributed by atoms with Gasteiger partial charge in [0.05, 0.1) is 16.0 Å². The summed E-state index contributed by atoms with van der Waals surface area (Å²) < 4.78 is 29.3. The zero-order chi connectivity index (χ0) is 28.8. The Hall–Kier alpha value is -2.23. The van der Waals surface area contributed by atoms with Crippen LogP contribution >= 0.6 is 15.9 Å². The number of carboxylic acid groups (broad SMARTS) is 1. The third kappa shape index (κ3) is 5.55. The Labute approximate surface area is 240 Å². The number of nitrogens with zero attached hydrogens (tertiary/aromatic N) is 1. The molecule has 3 atom stereocenters. The van der Waals surface area contributed by atoms with E-state index in [1.54, 1.807) is 19.1 Å². The molecule has 0 saturated heterocycles. The number of aryl methyl sites for hydroxylation is 2. The molecule has 2 aliphatic rings. The summed E-state index contributed by atoms with van der Waals surface area (Å²) in [5.41, 5.74) is 4.32. The first-order valence-corrected chi connectivity index (χ1v) is 15.8. The number of carbonyl (C=O) groups is 1. The Kier molecular flexibility index (Phi) is 8.37. The molecular formula is C30H39BrN2O5S. The minimum Gasteiger partial charge on any atom is -0.481 e. The van der Waals surface area contributed by atoms with Crippen LogP contribution in [0.1, 0.15) is 87.1 Å². The SMILES string of the molecule is Cc1ccc(C)c(S(=O)(=O)NCCO/N=C2\C[C@H]3[C@](C)(C(=O)O)CCC[C@]3(C)c3cc(Br)c(C(C)C)cc32)c1. The molecule has 2 aromatic rings. The number of carboxylic acids is 1. The third-order valence-electron chi connectivity index (χ3n) is 8.79. The van der Waals surface area contributed by atoms with E-state index in [9.17, 15) is 18.3 Å². The van der Waals surface area contributed by atoms with Gasteiger partial charge in [-0.15, -0.1) is 0 Å². The van der Waals surface area contributed by atoms with Gasteiger partial charge < -0.3 is 9.94 Å². The van der Waals surface area contributed by atoms with Gasteiger partial charge in [0.25, 0.3) is 0 Å². The van der Waals surface area contributed by atoms with E-state index in [-0.39, 0.29) is 35.3 Å². The molecule has 7 nitrogen and oxygen atoms in total. The predicted octanol–water partition coefficient (Wildman–Crippen LogP) is 6.44. The normalized spacial score (nSPS) is 25.8. The Morgan fingerprint density at radius 3 is 2.59 bits per heavy atom. The fraction of sp³-hybridized carbons (Fsp3) is 0.533. The van der Waals surface area contributed by atoms with Crippen LogP contribution in [0.5, 0.6) is 0 Å². The van der Waals surface area contributed by atoms with E-state index >= 15 is 0 Å². The smallest absolute Gasteiger partial charge is 0.309 e. The summed E-state index contributed by atoms with van der Waals surface area (Å²) in [4.78, 5) is 18.5. The van der Waals surface area contributed by atoms with Gasteiger partial charge >= 0.3 is 5.97 Å². The van der Waals surface area contributed by atoms with E-state index in [1.807, 2.05) is 19.9 Å². The number of sulfonamides is 1. The molecule has 2 aromatic carbocycles. The molecule has 0 spiro atoms. The van der Waals surface area contributed by atoms with Gasteiger partial charge in [0.15, 0.2) is 0 Å². The van der Waals surface area contributed by atoms with Crippen LogP contribution in [0.3, 0.4) is 0 Å². The van der Waals surface area contributed by atoms with Crippen molar-refractivity contribution in [2.75, 3.05) is 13.2 Å². The maximum atomic E-state index is 12.8. The number of oxime groups is 1. The standard InChI is InChI=1S/C30H39BrN2O5S/c1-18(2)21-15-22-23(16-24(21)31)29(5)10-7-11-30(6,28(34)35)27(29)17-25(22)33-38-13-12-32-39(36,37)26-14-19(3)8-9-20(26)4/h8-9,14-16,18,27,32H,7,10-13,17H2,1-6H3,(H,34,35)/b33-25+/t27-,29-,30-/m1/s1. The number of rotatable bonds is 8. The number of benzene rings is 2. The van der Waals surface area contributed by atoms with Gasteiger partial charge in [0.2, 0.25) is 10.0 Å². The topological polar surface area (TPSA) is 105 Å². The van der Waals surface area contributed by atoms with Gasteiger partial charge in [-0.25, -0.2) is 13.1 Å². The van der Waals surface area contributed by atoms with Crippen molar-refractivity contribution in [3.8, 4) is 0 Å². The highest BCUT2D eigenvalue weighted by Gasteiger charge is 2.56. The number of fused-ring (bicyclic) bond motifs is 3. The van der Waals surface area contributed by atoms with E-state index in [4.69, 9.17) is 4.84 Å². The van der Waals surface area contributed by atoms with Crippen molar-refractivity contribution in [1.29, 1.82) is 0 Å². The van der Waals surface area contributed by atoms with Crippen LogP contribution in [-0.2, 0) is 25.1 Å². The second-order valence-electron chi connectivity index (χ2n) is 11.9. The molecule has 0 aromatic heterocycles. The molecule has 1 fully saturated rings. The highest BCUT2D eigenvalue weighted by atomic mass is 79.9. The van der Waals surface area contributed by atoms with E-state index in [0.717, 1.165) is 39.6 Å². The average molecular weight is 620 g/mol. The lowest BCUT2D eigenvalue weighted by atomic mass is 9.49. The van der Waals surface area contributed by atoms with Crippen LogP contribution in [0.4, 0.5) is 0 Å². The first-order valence-electron chi connectivity index (χ1n) is 13.5. The van der Waals surface area contributed by atoms with Gasteiger partial charge in [-0.1, -0.05) is 60.4 Å². The largest absolute Gasteiger partial charge is 0.481 e. The number of hydrogen-bond donors (Lipinski definition) is 2. The summed E-state index contributed by atoms with van der Waals surface area (Å²) >= 11 is 3.76. The molecule has 1 saturated carbocycles. The fourth-order valence-corrected chi connectivity index (χ4v) is 8.60. The number of nitrogens with one attached hydrogen (secondary N) is 1. The van der Waals surface area contributed by atoms with Crippen LogP contribution in [0, 0.1) is 25.2 Å². The summed E-state index contributed by atoms with van der Waals surface area (Å²) in [6, 6.07) is 9.64. The van der Waals surface area contributed by atoms with E-state index < -0.39 is 21.4 Å². The molecule has 4 rings (SSSR count). The van der Waals surface area contributed by atoms with E-state index in [0.29, 0.717) is 24.1 Å². The molecule has 0 heterocycles. The van der Waals surface area contributed by atoms with Crippen molar-refractivity contribution in [1.82, 2.24) is 4.72 Å². The Bertz CT molecular complexity index is 1420. The zero-order valence-electron chi connectivity index (χ0n) is 23.6. The van der Waals surface area contributed by atoms with Crippen LogP contribution in [0.25, 0.3) is 0 Å². The molecule has 0 amide bonds. The van der Waals surface area contributed by atoms with Crippen molar-refractivity contribution < 1.29 is 23.2 Å². The molecule has 2 aliphatic carbocycles. The quantitative estimate of drug-likeness (QED) is 0.261. The minimum atomic E-state index is -3.69. The second kappa shape index (κ2) is 11.0. The number of halogens is 1. The molecule has 9 heteroatoms. The molecule has 0 unspecified atom stereocenters. The number of hydrogen-bond acceptors (Lipinski definition) is 5. The van der Waals surface area contributed by atoms with Gasteiger partial charge in [-0.2, -0.15) is 0 Å². The zero-order valence-corrected chi connectivity index (χ0v) is 26.0. The summed E-state index contributed by atoms with van der Waals surface area (Å²) in [7, 11) is -3.69. The van der Waals surface area contributed by atoms with Crippen LogP contribution in [0.15, 0.2) is 44.9 Å². The van der Waals surface area contributed by atoms with Crippen LogP contribution in [0.2, 0.25) is 0 Å². The summed E-state index contributed by atoms with van der Waals surface area (Å²) in [6.45, 7) is 12.1. The van der Waals surface area contributed by atoms with Crippen molar-refractivity contribution in [2.45, 2.75) is 83.5 Å². The van der Waals surface area contributed by atoms with Crippen LogP contribution < -0.4 is 4.72 Å². The molecule has 39 heavy (non-hydrogen) atoms. The Balaban J connectivity index is 1.62. The predicted molar refractivity (Wildman–Crippen MR) is 157 cm³/mol. The van der Waals surface area contributed by atoms with E-state index in [1.165, 1.54) is 0 Å². The Morgan fingerprint density at radius 1 is 1.21 bits per heavy atom. The van der Waals surface area contributed by atoms with Crippen molar-refractivity contribution in [3.05, 3.63) is 62.6 Å². The Morgan fingerprint density at radius 2 is 1.92 bits per heavy atom. The molecule has 0 radical (unpaired) electrons. The lowest BCUT2D eigenvalue weighted by Gasteiger charge is -2.53. The van der Waals surface area contributed by atoms with Crippen LogP contribution in [-0.4, -0.2) is 38.4 Å². The first-order chi connectivity index (χ1) is 18.2. The maximum absolute atomic E-state index is 12.8. The lowest BCUT2D eigenvalue weighted by Crippen LogP contribution is -2.53. The number of aliphatic carboxylic acids is 1. The molecule has 0 bridgehead atoms. The summed E-state index contributed by atoms with van der Waals surface area (Å²) in [6.07, 6.45) is 2.87. The summed E-state index contributed by atoms with van der Waals surface area (Å²) in [5.74, 6) is -0.640. The van der Waals surface area contributed by atoms with Gasteiger partial charge in [0.1, 0.15) is 6.61 Å². The van der Waals surface area contributed by atoms with Gasteiger partial charge in [-0.05, 0) is 97.7 Å². The van der Waals surface area contributed by atoms with Crippen molar-refractivity contribution in [2.24, 2.45) is 16.5 Å². The lowest BCUT2D eigenvalue weighted by molar-refractivity contribution is -0.156. The molecule has 212 valence electrons. The fourth-order valence-electron chi connectivity index (χ4n) is 6.46. The molecule has 0 aliphatic heterocycles. The molecular weight excluding hydrogens is 580 g/mol. The monoisotopic (exact) mass is 618 g/mol. The second-order valence-corrected chi connectivity index (χ2v) is 14.5. The third-order valence-corrected chi connectivity index (χ3v) is 11.1. The average Bonchev–Trinajstić information content (AvgIpc) is 2.85. The summed E-state index contributed by atoms with van der Waals surface area (Å²) in [5, 5.41) is 14.8. The van der Waals surface area contributed by atoms with Crippen molar-refractivity contribution in [3.63, 3.8) is 0 Å². The highest BCUT2D eigenvalue weighted by Crippen LogP contribution is 2.58. The van der Waals surface area contributed by atoms with Gasteiger partial charge in [-0.3, -0.25) is 4.79 Å².